The van der Waals surface area contributed by atoms with Crippen LogP contribution < -0.4 is 5.32 Å². The fourth-order valence-corrected chi connectivity index (χ4v) is 1.90. The summed E-state index contributed by atoms with van der Waals surface area (Å²) >= 11 is 5.24. The number of anilines is 1. The second-order valence-electron chi connectivity index (χ2n) is 4.46. The first kappa shape index (κ1) is 15.7. The average Bonchev–Trinajstić information content (AvgIpc) is 2.53. The molecule has 0 unspecified atom stereocenters. The van der Waals surface area contributed by atoms with Crippen LogP contribution in [0.1, 0.15) is 15.9 Å². The Kier molecular flexibility index (Phi) is 5.21. The van der Waals surface area contributed by atoms with Crippen LogP contribution in [-0.2, 0) is 0 Å². The molecule has 2 rings (SSSR count). The van der Waals surface area contributed by atoms with E-state index < -0.39 is 5.97 Å². The third kappa shape index (κ3) is 4.13. The van der Waals surface area contributed by atoms with Crippen molar-refractivity contribution in [3.63, 3.8) is 0 Å². The zero-order chi connectivity index (χ0) is 15.9. The van der Waals surface area contributed by atoms with Gasteiger partial charge in [0.1, 0.15) is 0 Å². The predicted octanol–water partition coefficient (Wildman–Crippen LogP) is 3.05. The number of thiocarbonyl (C=S) groups is 1. The molecule has 0 bridgehead atoms. The molecule has 2 aromatic carbocycles. The first-order chi connectivity index (χ1) is 10.6. The number of hydrogen-bond donors (Lipinski definition) is 2. The Morgan fingerprint density at radius 2 is 1.82 bits per heavy atom. The van der Waals surface area contributed by atoms with Crippen LogP contribution in [0, 0.1) is 0 Å². The van der Waals surface area contributed by atoms with E-state index in [0.29, 0.717) is 10.7 Å². The molecule has 0 aliphatic rings. The normalized spacial score (nSPS) is 10.4. The third-order valence-corrected chi connectivity index (χ3v) is 3.25. The summed E-state index contributed by atoms with van der Waals surface area (Å²) in [5.41, 5.74) is 1.58. The molecule has 2 N–H and O–H groups in total. The van der Waals surface area contributed by atoms with Crippen LogP contribution in [0.15, 0.2) is 59.7 Å². The van der Waals surface area contributed by atoms with Gasteiger partial charge in [-0.05, 0) is 30.4 Å². The van der Waals surface area contributed by atoms with Gasteiger partial charge in [-0.15, -0.1) is 0 Å². The molecule has 22 heavy (non-hydrogen) atoms. The number of rotatable bonds is 4. The number of carbonyl (C=O) groups is 1. The van der Waals surface area contributed by atoms with Gasteiger partial charge in [0.15, 0.2) is 5.11 Å². The van der Waals surface area contributed by atoms with Crippen molar-refractivity contribution in [1.29, 1.82) is 0 Å². The van der Waals surface area contributed by atoms with Crippen LogP contribution >= 0.6 is 12.2 Å². The van der Waals surface area contributed by atoms with Gasteiger partial charge in [-0.25, -0.2) is 9.80 Å². The molecule has 6 heteroatoms. The maximum absolute atomic E-state index is 11.1. The van der Waals surface area contributed by atoms with Crippen LogP contribution in [-0.4, -0.2) is 34.5 Å². The van der Waals surface area contributed by atoms with Crippen molar-refractivity contribution in [2.24, 2.45) is 5.10 Å². The number of carboxylic acids is 1. The maximum Gasteiger partial charge on any atom is 0.336 e. The van der Waals surface area contributed by atoms with Gasteiger partial charge in [0, 0.05) is 18.3 Å². The second-order valence-corrected chi connectivity index (χ2v) is 4.84. The van der Waals surface area contributed by atoms with Crippen molar-refractivity contribution >= 4 is 35.2 Å². The van der Waals surface area contributed by atoms with Crippen molar-refractivity contribution in [2.75, 3.05) is 12.4 Å². The number of nitrogens with zero attached hydrogens (tertiary/aromatic N) is 2. The first-order valence-corrected chi connectivity index (χ1v) is 6.95. The molecule has 0 aliphatic carbocycles. The molecule has 0 saturated heterocycles. The van der Waals surface area contributed by atoms with Gasteiger partial charge >= 0.3 is 5.97 Å². The monoisotopic (exact) mass is 313 g/mol. The Morgan fingerprint density at radius 3 is 2.50 bits per heavy atom. The lowest BCUT2D eigenvalue weighted by Gasteiger charge is -2.15. The Bertz CT molecular complexity index is 702. The summed E-state index contributed by atoms with van der Waals surface area (Å²) in [6.07, 6.45) is 1.47. The van der Waals surface area contributed by atoms with Crippen LogP contribution in [0.2, 0.25) is 0 Å². The van der Waals surface area contributed by atoms with Crippen molar-refractivity contribution < 1.29 is 9.90 Å². The van der Waals surface area contributed by atoms with E-state index in [-0.39, 0.29) is 5.56 Å². The van der Waals surface area contributed by atoms with E-state index in [1.54, 1.807) is 25.2 Å². The SMILES string of the molecule is CN(/N=C/c1ccccc1C(=O)O)C(=S)Nc1ccccc1. The summed E-state index contributed by atoms with van der Waals surface area (Å²) in [5, 5.41) is 18.2. The summed E-state index contributed by atoms with van der Waals surface area (Å²) in [4.78, 5) is 11.1. The lowest BCUT2D eigenvalue weighted by molar-refractivity contribution is 0.0697. The predicted molar refractivity (Wildman–Crippen MR) is 91.4 cm³/mol. The number of hydrazone groups is 1. The minimum atomic E-state index is -0.991. The number of carboxylic acid groups (broad SMARTS) is 1. The van der Waals surface area contributed by atoms with Crippen LogP contribution in [0.25, 0.3) is 0 Å². The first-order valence-electron chi connectivity index (χ1n) is 6.54. The van der Waals surface area contributed by atoms with Crippen molar-refractivity contribution in [1.82, 2.24) is 5.01 Å². The molecule has 0 spiro atoms. The largest absolute Gasteiger partial charge is 0.478 e. The molecule has 5 nitrogen and oxygen atoms in total. The van der Waals surface area contributed by atoms with Crippen LogP contribution in [0.4, 0.5) is 5.69 Å². The molecule has 0 atom stereocenters. The van der Waals surface area contributed by atoms with E-state index in [1.165, 1.54) is 17.3 Å². The van der Waals surface area contributed by atoms with Gasteiger partial charge in [0.05, 0.1) is 11.8 Å². The number of aromatic carboxylic acids is 1. The average molecular weight is 313 g/mol. The molecule has 0 aliphatic heterocycles. The van der Waals surface area contributed by atoms with Crippen molar-refractivity contribution in [3.05, 3.63) is 65.7 Å². The topological polar surface area (TPSA) is 64.9 Å². The number of nitrogens with one attached hydrogen (secondary N) is 1. The van der Waals surface area contributed by atoms with Crippen LogP contribution in [0.3, 0.4) is 0 Å². The molecular formula is C16H15N3O2S. The van der Waals surface area contributed by atoms with Gasteiger partial charge in [0.2, 0.25) is 0 Å². The van der Waals surface area contributed by atoms with Gasteiger partial charge in [-0.2, -0.15) is 5.10 Å². The molecule has 0 radical (unpaired) electrons. The number of hydrogen-bond acceptors (Lipinski definition) is 3. The van der Waals surface area contributed by atoms with Gasteiger partial charge < -0.3 is 10.4 Å². The third-order valence-electron chi connectivity index (χ3n) is 2.88. The fourth-order valence-electron chi connectivity index (χ4n) is 1.73. The Labute approximate surface area is 133 Å². The number of para-hydroxylation sites is 1. The highest BCUT2D eigenvalue weighted by Crippen LogP contribution is 2.08. The van der Waals surface area contributed by atoms with E-state index in [1.807, 2.05) is 30.3 Å². The molecule has 0 saturated carbocycles. The lowest BCUT2D eigenvalue weighted by Crippen LogP contribution is -2.26. The summed E-state index contributed by atoms with van der Waals surface area (Å²) < 4.78 is 0. The molecular weight excluding hydrogens is 298 g/mol. The molecule has 2 aromatic rings. The molecule has 0 fully saturated rings. The second kappa shape index (κ2) is 7.33. The highest BCUT2D eigenvalue weighted by Gasteiger charge is 2.07. The smallest absolute Gasteiger partial charge is 0.336 e. The quantitative estimate of drug-likeness (QED) is 0.516. The van der Waals surface area contributed by atoms with E-state index in [9.17, 15) is 4.79 Å². The lowest BCUT2D eigenvalue weighted by atomic mass is 10.1. The minimum Gasteiger partial charge on any atom is -0.478 e. The minimum absolute atomic E-state index is 0.196. The zero-order valence-corrected chi connectivity index (χ0v) is 12.7. The molecule has 0 heterocycles. The number of benzene rings is 2. The summed E-state index contributed by atoms with van der Waals surface area (Å²) in [7, 11) is 1.69. The Hall–Kier alpha value is -2.73. The van der Waals surface area contributed by atoms with Gasteiger partial charge in [0.25, 0.3) is 0 Å². The zero-order valence-electron chi connectivity index (χ0n) is 11.9. The van der Waals surface area contributed by atoms with Crippen LogP contribution in [0.5, 0.6) is 0 Å². The van der Waals surface area contributed by atoms with Crippen molar-refractivity contribution in [3.8, 4) is 0 Å². The summed E-state index contributed by atoms with van der Waals surface area (Å²) in [6.45, 7) is 0. The van der Waals surface area contributed by atoms with Gasteiger partial charge in [-0.3, -0.25) is 0 Å². The molecule has 112 valence electrons. The summed E-state index contributed by atoms with van der Waals surface area (Å²) in [5.74, 6) is -0.991. The standard InChI is InChI=1S/C16H15N3O2S/c1-19(16(22)18-13-8-3-2-4-9-13)17-11-12-7-5-6-10-14(12)15(20)21/h2-11H,1H3,(H,18,22)(H,20,21)/b17-11+. The van der Waals surface area contributed by atoms with E-state index >= 15 is 0 Å². The summed E-state index contributed by atoms with van der Waals surface area (Å²) in [6, 6.07) is 16.2. The molecule has 0 aromatic heterocycles. The van der Waals surface area contributed by atoms with Gasteiger partial charge in [-0.1, -0.05) is 36.4 Å². The Morgan fingerprint density at radius 1 is 1.18 bits per heavy atom. The highest BCUT2D eigenvalue weighted by molar-refractivity contribution is 7.80. The molecule has 0 amide bonds. The van der Waals surface area contributed by atoms with E-state index in [2.05, 4.69) is 10.4 Å². The van der Waals surface area contributed by atoms with Crippen molar-refractivity contribution in [2.45, 2.75) is 0 Å². The highest BCUT2D eigenvalue weighted by atomic mass is 32.1. The maximum atomic E-state index is 11.1. The fraction of sp³-hybridized carbons (Fsp3) is 0.0625. The Balaban J connectivity index is 2.07. The van der Waals surface area contributed by atoms with E-state index in [0.717, 1.165) is 5.69 Å². The van der Waals surface area contributed by atoms with E-state index in [4.69, 9.17) is 17.3 Å².